The second-order valence-electron chi connectivity index (χ2n) is 6.64. The van der Waals surface area contributed by atoms with Gasteiger partial charge in [-0.3, -0.25) is 0 Å². The van der Waals surface area contributed by atoms with Crippen LogP contribution in [-0.4, -0.2) is 56.7 Å². The fourth-order valence-corrected chi connectivity index (χ4v) is 3.22. The van der Waals surface area contributed by atoms with Crippen molar-refractivity contribution >= 4 is 5.69 Å². The van der Waals surface area contributed by atoms with E-state index in [1.165, 1.54) is 0 Å². The Morgan fingerprint density at radius 1 is 1.15 bits per heavy atom. The van der Waals surface area contributed by atoms with E-state index in [0.717, 1.165) is 51.6 Å². The van der Waals surface area contributed by atoms with Gasteiger partial charge in [-0.05, 0) is 43.7 Å². The summed E-state index contributed by atoms with van der Waals surface area (Å²) in [6.45, 7) is 1.71. The number of nitrogens with zero attached hydrogens (tertiary/aromatic N) is 2. The zero-order valence-corrected chi connectivity index (χ0v) is 15.1. The van der Waals surface area contributed by atoms with Crippen molar-refractivity contribution in [3.05, 3.63) is 24.0 Å². The Hall–Kier alpha value is -1.75. The largest absolute Gasteiger partial charge is 0.423 e. The number of piperidine rings is 1. The summed E-state index contributed by atoms with van der Waals surface area (Å²) in [7, 11) is 2.66. The van der Waals surface area contributed by atoms with Crippen LogP contribution in [0.4, 0.5) is 14.5 Å². The molecule has 0 N–H and O–H groups in total. The summed E-state index contributed by atoms with van der Waals surface area (Å²) in [6, 6.07) is 3.60. The topological polar surface area (TPSA) is 43.8 Å². The summed E-state index contributed by atoms with van der Waals surface area (Å²) >= 11 is 0. The molecule has 3 rings (SSSR count). The standard InChI is InChI=1S/C19H24F2N2O3/c1-24-17-12-18(13-17)26-16-5-9-23(10-6-16)15-4-8-22-14(11-15)3-7-19(20,21)25-2/h4,8,11,16-18H,5-6,9-10,12-13H2,1-2H3. The summed E-state index contributed by atoms with van der Waals surface area (Å²) in [5, 5.41) is 0. The first-order valence-corrected chi connectivity index (χ1v) is 8.84. The number of rotatable bonds is 5. The minimum absolute atomic E-state index is 0.274. The van der Waals surface area contributed by atoms with Crippen LogP contribution in [0.15, 0.2) is 18.3 Å². The number of hydrogen-bond acceptors (Lipinski definition) is 5. The third kappa shape index (κ3) is 4.91. The van der Waals surface area contributed by atoms with Crippen molar-refractivity contribution in [1.82, 2.24) is 4.98 Å². The van der Waals surface area contributed by atoms with Gasteiger partial charge < -0.3 is 19.1 Å². The van der Waals surface area contributed by atoms with E-state index in [4.69, 9.17) is 9.47 Å². The molecule has 5 nitrogen and oxygen atoms in total. The first-order valence-electron chi connectivity index (χ1n) is 8.84. The van der Waals surface area contributed by atoms with Gasteiger partial charge in [0.05, 0.1) is 18.3 Å². The smallest absolute Gasteiger partial charge is 0.381 e. The highest BCUT2D eigenvalue weighted by molar-refractivity contribution is 5.50. The lowest BCUT2D eigenvalue weighted by molar-refractivity contribution is -0.172. The van der Waals surface area contributed by atoms with Crippen molar-refractivity contribution in [2.75, 3.05) is 32.2 Å². The van der Waals surface area contributed by atoms with E-state index in [2.05, 4.69) is 20.5 Å². The Morgan fingerprint density at radius 2 is 1.88 bits per heavy atom. The van der Waals surface area contributed by atoms with E-state index in [1.54, 1.807) is 25.3 Å². The molecule has 142 valence electrons. The molecule has 1 aliphatic heterocycles. The highest BCUT2D eigenvalue weighted by Crippen LogP contribution is 2.30. The summed E-state index contributed by atoms with van der Waals surface area (Å²) < 4.78 is 41.5. The molecule has 1 saturated heterocycles. The normalized spacial score (nSPS) is 23.9. The SMILES string of the molecule is COC1CC(OC2CCN(c3ccnc(C#CC(F)(F)OC)c3)CC2)C1. The fraction of sp³-hybridized carbons (Fsp3) is 0.632. The minimum Gasteiger partial charge on any atom is -0.381 e. The predicted octanol–water partition coefficient (Wildman–Crippen LogP) is 2.84. The molecule has 0 unspecified atom stereocenters. The second-order valence-corrected chi connectivity index (χ2v) is 6.64. The lowest BCUT2D eigenvalue weighted by Gasteiger charge is -2.40. The Morgan fingerprint density at radius 3 is 2.54 bits per heavy atom. The molecular formula is C19H24F2N2O3. The van der Waals surface area contributed by atoms with Crippen LogP contribution in [0.1, 0.15) is 31.4 Å². The van der Waals surface area contributed by atoms with Crippen LogP contribution >= 0.6 is 0 Å². The maximum Gasteiger partial charge on any atom is 0.423 e. The number of hydrogen-bond donors (Lipinski definition) is 0. The molecule has 1 aliphatic carbocycles. The zero-order valence-electron chi connectivity index (χ0n) is 15.1. The first kappa shape index (κ1) is 19.0. The van der Waals surface area contributed by atoms with Crippen molar-refractivity contribution in [2.45, 2.75) is 50.1 Å². The molecule has 1 aromatic rings. The Labute approximate surface area is 152 Å². The van der Waals surface area contributed by atoms with Gasteiger partial charge >= 0.3 is 6.11 Å². The van der Waals surface area contributed by atoms with Crippen LogP contribution in [0, 0.1) is 11.8 Å². The van der Waals surface area contributed by atoms with Crippen LogP contribution in [0.5, 0.6) is 0 Å². The van der Waals surface area contributed by atoms with Crippen molar-refractivity contribution in [1.29, 1.82) is 0 Å². The van der Waals surface area contributed by atoms with Crippen LogP contribution < -0.4 is 4.90 Å². The van der Waals surface area contributed by atoms with Gasteiger partial charge in [0.15, 0.2) is 0 Å². The number of halogens is 2. The summed E-state index contributed by atoms with van der Waals surface area (Å²) in [6.07, 6.45) is 2.92. The average Bonchev–Trinajstić information content (AvgIpc) is 2.63. The maximum atomic E-state index is 13.1. The predicted molar refractivity (Wildman–Crippen MR) is 93.2 cm³/mol. The van der Waals surface area contributed by atoms with Crippen molar-refractivity contribution < 1.29 is 23.0 Å². The Bertz CT molecular complexity index is 660. The molecule has 2 aliphatic rings. The molecule has 1 saturated carbocycles. The molecule has 2 fully saturated rings. The highest BCUT2D eigenvalue weighted by atomic mass is 19.3. The van der Waals surface area contributed by atoms with Crippen LogP contribution in [0.25, 0.3) is 0 Å². The third-order valence-electron chi connectivity index (χ3n) is 4.91. The zero-order chi connectivity index (χ0) is 18.6. The number of alkyl halides is 2. The molecule has 2 heterocycles. The third-order valence-corrected chi connectivity index (χ3v) is 4.91. The van der Waals surface area contributed by atoms with Crippen LogP contribution in [-0.2, 0) is 14.2 Å². The summed E-state index contributed by atoms with van der Waals surface area (Å²) in [4.78, 5) is 6.24. The van der Waals surface area contributed by atoms with Crippen molar-refractivity contribution in [3.8, 4) is 11.8 Å². The van der Waals surface area contributed by atoms with Gasteiger partial charge in [0, 0.05) is 45.1 Å². The van der Waals surface area contributed by atoms with Crippen LogP contribution in [0.2, 0.25) is 0 Å². The van der Waals surface area contributed by atoms with E-state index in [-0.39, 0.29) is 6.10 Å². The van der Waals surface area contributed by atoms with Gasteiger partial charge in [0.2, 0.25) is 0 Å². The number of aromatic nitrogens is 1. The molecular weight excluding hydrogens is 342 g/mol. The monoisotopic (exact) mass is 366 g/mol. The van der Waals surface area contributed by atoms with Crippen LogP contribution in [0.3, 0.4) is 0 Å². The molecule has 0 atom stereocenters. The lowest BCUT2D eigenvalue weighted by Crippen LogP contribution is -2.43. The number of ether oxygens (including phenoxy) is 3. The number of anilines is 1. The Balaban J connectivity index is 1.52. The molecule has 0 aromatic carbocycles. The lowest BCUT2D eigenvalue weighted by atomic mass is 9.91. The van der Waals surface area contributed by atoms with E-state index in [9.17, 15) is 8.78 Å². The summed E-state index contributed by atoms with van der Waals surface area (Å²) in [5.41, 5.74) is 1.24. The fourth-order valence-electron chi connectivity index (χ4n) is 3.22. The molecule has 0 radical (unpaired) electrons. The number of pyridine rings is 1. The molecule has 26 heavy (non-hydrogen) atoms. The Kier molecular flexibility index (Phi) is 6.07. The maximum absolute atomic E-state index is 13.1. The van der Waals surface area contributed by atoms with Gasteiger partial charge in [0.25, 0.3) is 0 Å². The average molecular weight is 366 g/mol. The van der Waals surface area contributed by atoms with E-state index >= 15 is 0 Å². The quantitative estimate of drug-likeness (QED) is 0.750. The minimum atomic E-state index is -3.46. The second kappa shape index (κ2) is 8.30. The van der Waals surface area contributed by atoms with Gasteiger partial charge in [-0.25, -0.2) is 4.98 Å². The van der Waals surface area contributed by atoms with Gasteiger partial charge in [-0.1, -0.05) is 0 Å². The molecule has 1 aromatic heterocycles. The van der Waals surface area contributed by atoms with Crippen molar-refractivity contribution in [3.63, 3.8) is 0 Å². The van der Waals surface area contributed by atoms with E-state index in [0.29, 0.717) is 17.9 Å². The first-order chi connectivity index (χ1) is 12.5. The van der Waals surface area contributed by atoms with E-state index < -0.39 is 6.11 Å². The molecule has 7 heteroatoms. The summed E-state index contributed by atoms with van der Waals surface area (Å²) in [5.74, 6) is 4.16. The van der Waals surface area contributed by atoms with Gasteiger partial charge in [-0.2, -0.15) is 8.78 Å². The molecule has 0 spiro atoms. The molecule has 0 amide bonds. The molecule has 0 bridgehead atoms. The van der Waals surface area contributed by atoms with Crippen molar-refractivity contribution in [2.24, 2.45) is 0 Å². The highest BCUT2D eigenvalue weighted by Gasteiger charge is 2.33. The van der Waals surface area contributed by atoms with E-state index in [1.807, 2.05) is 6.07 Å². The number of methoxy groups -OCH3 is 2. The van der Waals surface area contributed by atoms with Gasteiger partial charge in [-0.15, -0.1) is 0 Å². The van der Waals surface area contributed by atoms with Gasteiger partial charge in [0.1, 0.15) is 5.69 Å².